The Bertz CT molecular complexity index is 966. The Hall–Kier alpha value is -2.78. The van der Waals surface area contributed by atoms with Crippen LogP contribution in [0.15, 0.2) is 40.1 Å². The summed E-state index contributed by atoms with van der Waals surface area (Å²) in [5.74, 6) is -0.860. The topological polar surface area (TPSA) is 106 Å². The molecule has 0 aliphatic heterocycles. The van der Waals surface area contributed by atoms with Crippen molar-refractivity contribution in [2.24, 2.45) is 4.99 Å². The molecule has 0 fully saturated rings. The van der Waals surface area contributed by atoms with Gasteiger partial charge in [0.05, 0.1) is 26.0 Å². The van der Waals surface area contributed by atoms with Crippen LogP contribution in [0.4, 0.5) is 0 Å². The van der Waals surface area contributed by atoms with Crippen molar-refractivity contribution in [1.82, 2.24) is 9.55 Å². The van der Waals surface area contributed by atoms with E-state index in [0.717, 1.165) is 5.56 Å². The van der Waals surface area contributed by atoms with Gasteiger partial charge in [0.15, 0.2) is 10.8 Å². The predicted octanol–water partition coefficient (Wildman–Crippen LogP) is 1.85. The fourth-order valence-electron chi connectivity index (χ4n) is 2.73. The van der Waals surface area contributed by atoms with Crippen LogP contribution in [0, 0.1) is 4.77 Å². The number of carbonyl (C=O) groups is 1. The summed E-state index contributed by atoms with van der Waals surface area (Å²) in [4.78, 5) is 31.5. The number of hydrogen-bond donors (Lipinski definition) is 2. The van der Waals surface area contributed by atoms with Crippen LogP contribution < -0.4 is 5.56 Å². The molecule has 1 aromatic carbocycles. The van der Waals surface area contributed by atoms with Crippen LogP contribution in [-0.2, 0) is 27.2 Å². The fraction of sp³-hybridized carbons (Fsp3) is 0.368. The number of H-pyrrole nitrogens is 1. The zero-order valence-corrected chi connectivity index (χ0v) is 16.8. The normalized spacial score (nSPS) is 12.6. The number of nitrogens with one attached hydrogen (secondary N) is 1. The van der Waals surface area contributed by atoms with Crippen LogP contribution in [0.5, 0.6) is 5.88 Å². The lowest BCUT2D eigenvalue weighted by molar-refractivity contribution is -0.142. The number of nitrogens with zero attached hydrogens (tertiary/aromatic N) is 2. The van der Waals surface area contributed by atoms with Gasteiger partial charge in [0.25, 0.3) is 5.56 Å². The number of esters is 1. The van der Waals surface area contributed by atoms with Gasteiger partial charge in [0, 0.05) is 13.5 Å². The van der Waals surface area contributed by atoms with Gasteiger partial charge in [-0.2, -0.15) is 0 Å². The number of rotatable bonds is 8. The van der Waals surface area contributed by atoms with Crippen molar-refractivity contribution in [3.05, 3.63) is 56.6 Å². The monoisotopic (exact) mass is 405 g/mol. The number of aromatic amines is 1. The molecule has 1 aromatic heterocycles. The van der Waals surface area contributed by atoms with E-state index in [9.17, 15) is 14.7 Å². The largest absolute Gasteiger partial charge is 0.494 e. The highest BCUT2D eigenvalue weighted by atomic mass is 32.1. The second kappa shape index (κ2) is 9.95. The molecule has 2 aromatic rings. The Labute approximate surface area is 167 Å². The molecule has 0 aliphatic rings. The number of aromatic hydroxyl groups is 1. The average molecular weight is 405 g/mol. The number of hydrogen-bond acceptors (Lipinski definition) is 7. The Balaban J connectivity index is 2.47. The van der Waals surface area contributed by atoms with Crippen molar-refractivity contribution >= 4 is 23.9 Å². The number of ether oxygens (including phenoxy) is 2. The molecule has 1 heterocycles. The number of methoxy groups -OCH3 is 2. The first-order chi connectivity index (χ1) is 13.4. The first-order valence-corrected chi connectivity index (χ1v) is 9.01. The van der Waals surface area contributed by atoms with Gasteiger partial charge in [-0.3, -0.25) is 19.3 Å². The third-order valence-electron chi connectivity index (χ3n) is 4.15. The maximum atomic E-state index is 12.4. The molecule has 0 saturated heterocycles. The van der Waals surface area contributed by atoms with Crippen LogP contribution >= 0.6 is 12.2 Å². The summed E-state index contributed by atoms with van der Waals surface area (Å²) in [5.41, 5.74) is 0.460. The molecule has 0 saturated carbocycles. The Morgan fingerprint density at radius 2 is 2.00 bits per heavy atom. The first kappa shape index (κ1) is 21.5. The molecular weight excluding hydrogens is 382 g/mol. The van der Waals surface area contributed by atoms with Gasteiger partial charge in [0.1, 0.15) is 5.56 Å². The van der Waals surface area contributed by atoms with E-state index in [0.29, 0.717) is 13.0 Å². The van der Waals surface area contributed by atoms with Crippen LogP contribution in [0.2, 0.25) is 0 Å². The lowest BCUT2D eigenvalue weighted by Gasteiger charge is -2.15. The molecule has 9 heteroatoms. The van der Waals surface area contributed by atoms with Gasteiger partial charge in [0.2, 0.25) is 5.88 Å². The minimum atomic E-state index is -0.859. The lowest BCUT2D eigenvalue weighted by Crippen LogP contribution is -2.27. The minimum Gasteiger partial charge on any atom is -0.494 e. The summed E-state index contributed by atoms with van der Waals surface area (Å²) in [6.07, 6.45) is 0.298. The first-order valence-electron chi connectivity index (χ1n) is 8.60. The summed E-state index contributed by atoms with van der Waals surface area (Å²) in [7, 11) is 2.80. The van der Waals surface area contributed by atoms with E-state index in [-0.39, 0.29) is 28.5 Å². The highest BCUT2D eigenvalue weighted by Crippen LogP contribution is 2.16. The quantitative estimate of drug-likeness (QED) is 0.394. The van der Waals surface area contributed by atoms with Crippen molar-refractivity contribution in [1.29, 1.82) is 0 Å². The molecule has 28 heavy (non-hydrogen) atoms. The smallest absolute Gasteiger partial charge is 0.330 e. The molecule has 1 atom stereocenters. The molecule has 0 amide bonds. The van der Waals surface area contributed by atoms with E-state index in [2.05, 4.69) is 9.98 Å². The third kappa shape index (κ3) is 5.14. The van der Waals surface area contributed by atoms with Crippen LogP contribution in [0.3, 0.4) is 0 Å². The van der Waals surface area contributed by atoms with Crippen molar-refractivity contribution in [2.75, 3.05) is 20.8 Å². The zero-order chi connectivity index (χ0) is 20.7. The van der Waals surface area contributed by atoms with Crippen LogP contribution in [0.25, 0.3) is 0 Å². The minimum absolute atomic E-state index is 0.0494. The second-order valence-electron chi connectivity index (χ2n) is 6.05. The van der Waals surface area contributed by atoms with E-state index in [1.807, 2.05) is 30.3 Å². The second-order valence-corrected chi connectivity index (χ2v) is 6.43. The summed E-state index contributed by atoms with van der Waals surface area (Å²) < 4.78 is 11.3. The van der Waals surface area contributed by atoms with E-state index in [1.165, 1.54) is 18.8 Å². The molecule has 8 nitrogen and oxygen atoms in total. The molecule has 0 aliphatic carbocycles. The van der Waals surface area contributed by atoms with E-state index in [4.69, 9.17) is 21.7 Å². The average Bonchev–Trinajstić information content (AvgIpc) is 2.67. The van der Waals surface area contributed by atoms with Gasteiger partial charge in [-0.15, -0.1) is 0 Å². The Morgan fingerprint density at radius 1 is 1.32 bits per heavy atom. The van der Waals surface area contributed by atoms with Crippen molar-refractivity contribution in [3.8, 4) is 5.88 Å². The number of benzene rings is 1. The predicted molar refractivity (Wildman–Crippen MR) is 108 cm³/mol. The van der Waals surface area contributed by atoms with E-state index in [1.54, 1.807) is 6.92 Å². The molecular formula is C19H23N3O5S. The number of carbonyl (C=O) groups excluding carboxylic acids is 1. The highest BCUT2D eigenvalue weighted by molar-refractivity contribution is 7.71. The Morgan fingerprint density at radius 3 is 2.61 bits per heavy atom. The third-order valence-corrected chi connectivity index (χ3v) is 4.47. The van der Waals surface area contributed by atoms with Gasteiger partial charge >= 0.3 is 5.97 Å². The van der Waals surface area contributed by atoms with Gasteiger partial charge in [-0.05, 0) is 24.7 Å². The molecule has 0 bridgehead atoms. The van der Waals surface area contributed by atoms with Gasteiger partial charge in [-0.1, -0.05) is 30.3 Å². The fourth-order valence-corrected chi connectivity index (χ4v) is 3.00. The Kier molecular flexibility index (Phi) is 7.65. The SMILES string of the molecule is COCCn1c(O)c(C(C)=N[C@H](Cc2ccccc2)C(=O)OC)c(=O)[nH]c1=S. The van der Waals surface area contributed by atoms with E-state index < -0.39 is 17.6 Å². The lowest BCUT2D eigenvalue weighted by atomic mass is 10.1. The highest BCUT2D eigenvalue weighted by Gasteiger charge is 2.22. The van der Waals surface area contributed by atoms with Gasteiger partial charge < -0.3 is 14.6 Å². The molecule has 0 radical (unpaired) electrons. The zero-order valence-electron chi connectivity index (χ0n) is 16.0. The van der Waals surface area contributed by atoms with Crippen molar-refractivity contribution in [3.63, 3.8) is 0 Å². The summed E-state index contributed by atoms with van der Waals surface area (Å²) >= 11 is 5.10. The summed E-state index contributed by atoms with van der Waals surface area (Å²) in [5, 5.41) is 10.6. The number of aromatic nitrogens is 2. The van der Waals surface area contributed by atoms with Crippen molar-refractivity contribution < 1.29 is 19.4 Å². The summed E-state index contributed by atoms with van der Waals surface area (Å²) in [6.45, 7) is 2.10. The maximum Gasteiger partial charge on any atom is 0.330 e. The molecule has 150 valence electrons. The van der Waals surface area contributed by atoms with Crippen LogP contribution in [-0.4, -0.2) is 53.2 Å². The number of aliphatic imine (C=N–C) groups is 1. The van der Waals surface area contributed by atoms with Gasteiger partial charge in [-0.25, -0.2) is 4.79 Å². The standard InChI is InChI=1S/C19H23N3O5S/c1-12(15-16(23)21-19(28)22(17(15)24)9-10-26-2)20-14(18(25)27-3)11-13-7-5-4-6-8-13/h4-8,14,24H,9-11H2,1-3H3,(H,21,23,28)/t14-/m1/s1. The molecule has 0 spiro atoms. The summed E-state index contributed by atoms with van der Waals surface area (Å²) in [6, 6.07) is 8.47. The van der Waals surface area contributed by atoms with Crippen molar-refractivity contribution in [2.45, 2.75) is 25.9 Å². The molecule has 2 N–H and O–H groups in total. The maximum absolute atomic E-state index is 12.4. The molecule has 2 rings (SSSR count). The molecule has 0 unspecified atom stereocenters. The van der Waals surface area contributed by atoms with E-state index >= 15 is 0 Å². The van der Waals surface area contributed by atoms with Crippen LogP contribution in [0.1, 0.15) is 18.1 Å².